The van der Waals surface area contributed by atoms with Crippen LogP contribution in [0, 0.1) is 0 Å². The lowest BCUT2D eigenvalue weighted by Crippen LogP contribution is -2.26. The summed E-state index contributed by atoms with van der Waals surface area (Å²) in [7, 11) is -3.99. The van der Waals surface area contributed by atoms with Gasteiger partial charge >= 0.3 is 0 Å². The molecule has 4 rings (SSSR count). The molecule has 0 aliphatic rings. The molecule has 9 heteroatoms. The summed E-state index contributed by atoms with van der Waals surface area (Å²) in [4.78, 5) is 16.9. The van der Waals surface area contributed by atoms with E-state index < -0.39 is 15.9 Å². The number of carbonyl (C=O) groups is 1. The van der Waals surface area contributed by atoms with Crippen LogP contribution in [0.1, 0.15) is 40.7 Å². The number of hydrogen-bond donors (Lipinski definition) is 1. The SMILES string of the molecule is CCc1nc(Cl)c(C=CC(=O)NS(=O)(=O)C=Cc2ccccc2)n1Cc1ccc(C=Cc2ccccc2)cc1Cl. The molecule has 40 heavy (non-hydrogen) atoms. The standard InChI is InChI=1S/C31H27Cl2N3O3S/c1-2-29-34-31(33)28(17-18-30(37)35-40(38,39)20-19-24-11-7-4-8-12-24)36(29)22-26-16-15-25(21-27(26)32)14-13-23-9-5-3-6-10-23/h3-21H,2,22H2,1H3,(H,35,37). The smallest absolute Gasteiger partial charge is 0.257 e. The predicted molar refractivity (Wildman–Crippen MR) is 164 cm³/mol. The number of halogens is 2. The molecular formula is C31H27Cl2N3O3S. The number of aryl methyl sites for hydroxylation is 1. The zero-order chi connectivity index (χ0) is 28.5. The molecule has 6 nitrogen and oxygen atoms in total. The predicted octanol–water partition coefficient (Wildman–Crippen LogP) is 7.10. The molecule has 0 saturated carbocycles. The molecule has 1 amide bonds. The summed E-state index contributed by atoms with van der Waals surface area (Å²) in [6, 6.07) is 24.7. The number of hydrogen-bond acceptors (Lipinski definition) is 4. The first-order valence-electron chi connectivity index (χ1n) is 12.5. The molecule has 1 aromatic heterocycles. The van der Waals surface area contributed by atoms with Gasteiger partial charge in [0.1, 0.15) is 5.82 Å². The number of benzene rings is 3. The highest BCUT2D eigenvalue weighted by molar-refractivity contribution is 7.93. The van der Waals surface area contributed by atoms with Gasteiger partial charge in [-0.2, -0.15) is 0 Å². The van der Waals surface area contributed by atoms with Crippen LogP contribution in [0.3, 0.4) is 0 Å². The van der Waals surface area contributed by atoms with Gasteiger partial charge in [-0.1, -0.05) is 115 Å². The molecule has 0 radical (unpaired) electrons. The lowest BCUT2D eigenvalue weighted by Gasteiger charge is -2.12. The minimum absolute atomic E-state index is 0.200. The van der Waals surface area contributed by atoms with Crippen LogP contribution in [0.2, 0.25) is 10.2 Å². The van der Waals surface area contributed by atoms with Gasteiger partial charge in [0.05, 0.1) is 17.6 Å². The zero-order valence-corrected chi connectivity index (χ0v) is 24.0. The Morgan fingerprint density at radius 1 is 0.875 bits per heavy atom. The van der Waals surface area contributed by atoms with Crippen LogP contribution in [0.5, 0.6) is 0 Å². The van der Waals surface area contributed by atoms with Crippen LogP contribution in [0.4, 0.5) is 0 Å². The summed E-state index contributed by atoms with van der Waals surface area (Å²) >= 11 is 13.0. The van der Waals surface area contributed by atoms with Crippen LogP contribution in [0.15, 0.2) is 90.3 Å². The number of imidazole rings is 1. The van der Waals surface area contributed by atoms with Crippen LogP contribution in [-0.4, -0.2) is 23.9 Å². The van der Waals surface area contributed by atoms with E-state index in [4.69, 9.17) is 23.2 Å². The number of aromatic nitrogens is 2. The molecule has 204 valence electrons. The fourth-order valence-corrected chi connectivity index (χ4v) is 5.17. The summed E-state index contributed by atoms with van der Waals surface area (Å²) in [5, 5.41) is 1.72. The highest BCUT2D eigenvalue weighted by atomic mass is 35.5. The minimum Gasteiger partial charge on any atom is -0.323 e. The topological polar surface area (TPSA) is 81.1 Å². The van der Waals surface area contributed by atoms with E-state index >= 15 is 0 Å². The van der Waals surface area contributed by atoms with Crippen molar-refractivity contribution in [2.45, 2.75) is 19.9 Å². The third-order valence-electron chi connectivity index (χ3n) is 5.91. The molecule has 0 atom stereocenters. The molecule has 0 spiro atoms. The fourth-order valence-electron chi connectivity index (χ4n) is 3.90. The van der Waals surface area contributed by atoms with Crippen molar-refractivity contribution in [3.05, 3.63) is 134 Å². The Morgan fingerprint density at radius 3 is 2.12 bits per heavy atom. The average Bonchev–Trinajstić information content (AvgIpc) is 3.25. The second-order valence-corrected chi connectivity index (χ2v) is 11.1. The maximum atomic E-state index is 12.4. The number of nitrogens with one attached hydrogen (secondary N) is 1. The number of amides is 1. The largest absolute Gasteiger partial charge is 0.323 e. The van der Waals surface area contributed by atoms with E-state index in [1.165, 1.54) is 12.2 Å². The van der Waals surface area contributed by atoms with E-state index in [-0.39, 0.29) is 5.15 Å². The average molecular weight is 593 g/mol. The van der Waals surface area contributed by atoms with Crippen molar-refractivity contribution >= 4 is 63.4 Å². The van der Waals surface area contributed by atoms with Crippen LogP contribution in [0.25, 0.3) is 24.3 Å². The number of rotatable bonds is 10. The van der Waals surface area contributed by atoms with Crippen molar-refractivity contribution in [3.63, 3.8) is 0 Å². The quantitative estimate of drug-likeness (QED) is 0.157. The first-order chi connectivity index (χ1) is 19.2. The van der Waals surface area contributed by atoms with Crippen molar-refractivity contribution in [3.8, 4) is 0 Å². The molecule has 0 aliphatic heterocycles. The molecule has 1 heterocycles. The summed E-state index contributed by atoms with van der Waals surface area (Å²) in [5.41, 5.74) is 4.04. The van der Waals surface area contributed by atoms with Crippen LogP contribution in [-0.2, 0) is 27.8 Å². The molecule has 0 bridgehead atoms. The second kappa shape index (κ2) is 13.4. The van der Waals surface area contributed by atoms with Crippen molar-refractivity contribution in [2.24, 2.45) is 0 Å². The number of sulfonamides is 1. The molecule has 0 fully saturated rings. The van der Waals surface area contributed by atoms with Gasteiger partial charge in [0, 0.05) is 17.5 Å². The Hall–Kier alpha value is -3.91. The highest BCUT2D eigenvalue weighted by Gasteiger charge is 2.16. The highest BCUT2D eigenvalue weighted by Crippen LogP contribution is 2.25. The Morgan fingerprint density at radius 2 is 1.50 bits per heavy atom. The number of nitrogens with zero attached hydrogens (tertiary/aromatic N) is 2. The van der Waals surface area contributed by atoms with Gasteiger partial charge in [0.25, 0.3) is 15.9 Å². The third kappa shape index (κ3) is 8.05. The van der Waals surface area contributed by atoms with E-state index in [0.717, 1.165) is 28.2 Å². The van der Waals surface area contributed by atoms with Crippen LogP contribution >= 0.6 is 23.2 Å². The van der Waals surface area contributed by atoms with Gasteiger partial charge in [-0.05, 0) is 40.5 Å². The summed E-state index contributed by atoms with van der Waals surface area (Å²) < 4.78 is 28.5. The summed E-state index contributed by atoms with van der Waals surface area (Å²) in [6.45, 7) is 2.31. The number of carbonyl (C=O) groups excluding carboxylic acids is 1. The van der Waals surface area contributed by atoms with E-state index in [1.807, 2.05) is 83.0 Å². The fraction of sp³-hybridized carbons (Fsp3) is 0.0968. The molecule has 0 unspecified atom stereocenters. The van der Waals surface area contributed by atoms with E-state index in [0.29, 0.717) is 35.1 Å². The molecule has 1 N–H and O–H groups in total. The van der Waals surface area contributed by atoms with Crippen LogP contribution < -0.4 is 4.72 Å². The van der Waals surface area contributed by atoms with Crippen molar-refractivity contribution in [1.29, 1.82) is 0 Å². The van der Waals surface area contributed by atoms with Gasteiger partial charge in [-0.3, -0.25) is 4.79 Å². The van der Waals surface area contributed by atoms with E-state index in [2.05, 4.69) is 4.98 Å². The monoisotopic (exact) mass is 591 g/mol. The van der Waals surface area contributed by atoms with Gasteiger partial charge in [0.2, 0.25) is 0 Å². The molecular weight excluding hydrogens is 565 g/mol. The van der Waals surface area contributed by atoms with E-state index in [9.17, 15) is 13.2 Å². The van der Waals surface area contributed by atoms with Crippen molar-refractivity contribution in [2.75, 3.05) is 0 Å². The van der Waals surface area contributed by atoms with Crippen molar-refractivity contribution in [1.82, 2.24) is 14.3 Å². The first kappa shape index (κ1) is 29.1. The lowest BCUT2D eigenvalue weighted by molar-refractivity contribution is -0.114. The maximum Gasteiger partial charge on any atom is 0.257 e. The van der Waals surface area contributed by atoms with Gasteiger partial charge < -0.3 is 4.57 Å². The Labute approximate surface area is 244 Å². The van der Waals surface area contributed by atoms with E-state index in [1.54, 1.807) is 24.3 Å². The Balaban J connectivity index is 1.50. The van der Waals surface area contributed by atoms with Crippen molar-refractivity contribution < 1.29 is 13.2 Å². The lowest BCUT2D eigenvalue weighted by atomic mass is 10.1. The molecule has 3 aromatic carbocycles. The zero-order valence-electron chi connectivity index (χ0n) is 21.7. The molecule has 4 aromatic rings. The van der Waals surface area contributed by atoms with Gasteiger partial charge in [-0.25, -0.2) is 18.1 Å². The summed E-state index contributed by atoms with van der Waals surface area (Å²) in [5.74, 6) is -0.111. The Bertz CT molecular complexity index is 1680. The van der Waals surface area contributed by atoms with Gasteiger partial charge in [-0.15, -0.1) is 0 Å². The first-order valence-corrected chi connectivity index (χ1v) is 14.8. The molecule has 0 saturated heterocycles. The maximum absolute atomic E-state index is 12.4. The second-order valence-electron chi connectivity index (χ2n) is 8.80. The Kier molecular flexibility index (Phi) is 9.77. The molecule has 0 aliphatic carbocycles. The normalized spacial score (nSPS) is 12.1. The minimum atomic E-state index is -3.99. The van der Waals surface area contributed by atoms with Gasteiger partial charge in [0.15, 0.2) is 5.15 Å². The third-order valence-corrected chi connectivity index (χ3v) is 7.52. The summed E-state index contributed by atoms with van der Waals surface area (Å²) in [6.07, 6.45) is 8.57.